The highest BCUT2D eigenvalue weighted by Crippen LogP contribution is 2.34. The quantitative estimate of drug-likeness (QED) is 0.403. The fourth-order valence-corrected chi connectivity index (χ4v) is 3.04. The van der Waals surface area contributed by atoms with Crippen molar-refractivity contribution < 1.29 is 23.6 Å². The minimum absolute atomic E-state index is 0.00229. The van der Waals surface area contributed by atoms with Crippen LogP contribution in [0.5, 0.6) is 5.75 Å². The number of hydrogen-bond acceptors (Lipinski definition) is 6. The van der Waals surface area contributed by atoms with Gasteiger partial charge in [0.2, 0.25) is 11.5 Å². The number of nitro groups is 1. The molecule has 1 aliphatic heterocycles. The molecule has 0 aliphatic carbocycles. The summed E-state index contributed by atoms with van der Waals surface area (Å²) in [4.78, 5) is 39.3. The maximum atomic E-state index is 13.3. The van der Waals surface area contributed by atoms with E-state index in [-0.39, 0.29) is 28.6 Å². The van der Waals surface area contributed by atoms with Crippen LogP contribution >= 0.6 is 0 Å². The van der Waals surface area contributed by atoms with Crippen LogP contribution in [0.25, 0.3) is 0 Å². The molecule has 1 heterocycles. The van der Waals surface area contributed by atoms with Crippen molar-refractivity contribution in [1.29, 1.82) is 0 Å². The Morgan fingerprint density at radius 2 is 1.66 bits per heavy atom. The maximum absolute atomic E-state index is 13.3. The van der Waals surface area contributed by atoms with Crippen LogP contribution in [-0.4, -0.2) is 34.7 Å². The van der Waals surface area contributed by atoms with Crippen molar-refractivity contribution in [2.24, 2.45) is 0 Å². The van der Waals surface area contributed by atoms with Crippen molar-refractivity contribution in [3.05, 3.63) is 75.9 Å². The summed E-state index contributed by atoms with van der Waals surface area (Å²) in [6.07, 6.45) is 0. The van der Waals surface area contributed by atoms with Gasteiger partial charge in [-0.1, -0.05) is 12.1 Å². The van der Waals surface area contributed by atoms with Gasteiger partial charge in [0.15, 0.2) is 5.70 Å². The van der Waals surface area contributed by atoms with Crippen molar-refractivity contribution in [2.45, 2.75) is 13.8 Å². The van der Waals surface area contributed by atoms with E-state index in [0.29, 0.717) is 13.1 Å². The summed E-state index contributed by atoms with van der Waals surface area (Å²) >= 11 is 0. The van der Waals surface area contributed by atoms with Crippen molar-refractivity contribution in [3.8, 4) is 5.75 Å². The highest BCUT2D eigenvalue weighted by Gasteiger charge is 2.44. The second-order valence-electron chi connectivity index (χ2n) is 6.10. The molecule has 0 bridgehead atoms. The van der Waals surface area contributed by atoms with Gasteiger partial charge >= 0.3 is 11.6 Å². The van der Waals surface area contributed by atoms with E-state index >= 15 is 0 Å². The van der Waals surface area contributed by atoms with Crippen LogP contribution < -0.4 is 9.64 Å². The molecule has 0 saturated carbocycles. The zero-order valence-electron chi connectivity index (χ0n) is 15.8. The number of likely N-dealkylation sites (N-methyl/N-ethyl adjacent to an activating group) is 1. The number of carbonyl (C=O) groups excluding carboxylic acids is 2. The molecular formula is C20H18FN3O5. The van der Waals surface area contributed by atoms with Crippen molar-refractivity contribution in [3.63, 3.8) is 0 Å². The number of amides is 2. The van der Waals surface area contributed by atoms with Crippen LogP contribution in [0, 0.1) is 15.9 Å². The maximum Gasteiger partial charge on any atom is 0.311 e. The first-order chi connectivity index (χ1) is 13.9. The second kappa shape index (κ2) is 8.09. The first kappa shape index (κ1) is 20.0. The molecular weight excluding hydrogens is 381 g/mol. The normalized spacial score (nSPS) is 13.8. The molecule has 0 radical (unpaired) electrons. The molecule has 8 nitrogen and oxygen atoms in total. The number of ether oxygens (including phenoxy) is 1. The third kappa shape index (κ3) is 3.66. The molecule has 3 rings (SSSR count). The lowest BCUT2D eigenvalue weighted by molar-refractivity contribution is -0.385. The predicted molar refractivity (Wildman–Crippen MR) is 103 cm³/mol. The summed E-state index contributed by atoms with van der Waals surface area (Å²) < 4.78 is 18.9. The van der Waals surface area contributed by atoms with Crippen molar-refractivity contribution in [2.75, 3.05) is 18.0 Å². The Morgan fingerprint density at radius 3 is 2.24 bits per heavy atom. The number of benzene rings is 2. The first-order valence-electron chi connectivity index (χ1n) is 8.93. The van der Waals surface area contributed by atoms with E-state index in [1.807, 2.05) is 0 Å². The molecule has 0 atom stereocenters. The topological polar surface area (TPSA) is 93.0 Å². The largest absolute Gasteiger partial charge is 0.442 e. The number of hydrogen-bond donors (Lipinski definition) is 0. The number of imide groups is 1. The van der Waals surface area contributed by atoms with Gasteiger partial charge in [0, 0.05) is 19.2 Å². The summed E-state index contributed by atoms with van der Waals surface area (Å²) in [6.45, 7) is 4.42. The first-order valence-corrected chi connectivity index (χ1v) is 8.93. The van der Waals surface area contributed by atoms with E-state index in [0.717, 1.165) is 17.0 Å². The third-order valence-corrected chi connectivity index (χ3v) is 4.46. The van der Waals surface area contributed by atoms with Gasteiger partial charge in [-0.25, -0.2) is 9.29 Å². The molecule has 1 aliphatic rings. The molecule has 0 fully saturated rings. The minimum Gasteiger partial charge on any atom is -0.442 e. The highest BCUT2D eigenvalue weighted by atomic mass is 19.1. The highest BCUT2D eigenvalue weighted by molar-refractivity contribution is 6.32. The van der Waals surface area contributed by atoms with Crippen LogP contribution in [0.3, 0.4) is 0 Å². The van der Waals surface area contributed by atoms with Gasteiger partial charge in [-0.2, -0.15) is 0 Å². The van der Waals surface area contributed by atoms with Gasteiger partial charge in [0.25, 0.3) is 5.91 Å². The lowest BCUT2D eigenvalue weighted by Crippen LogP contribution is -2.35. The second-order valence-corrected chi connectivity index (χ2v) is 6.10. The summed E-state index contributed by atoms with van der Waals surface area (Å²) in [5, 5.41) is 11.3. The Labute approximate surface area is 165 Å². The van der Waals surface area contributed by atoms with Crippen LogP contribution in [0.2, 0.25) is 0 Å². The lowest BCUT2D eigenvalue weighted by atomic mass is 10.3. The van der Waals surface area contributed by atoms with Crippen molar-refractivity contribution in [1.82, 2.24) is 4.90 Å². The summed E-state index contributed by atoms with van der Waals surface area (Å²) in [5.41, 5.74) is -0.158. The zero-order valence-corrected chi connectivity index (χ0v) is 15.8. The van der Waals surface area contributed by atoms with Crippen LogP contribution in [-0.2, 0) is 9.59 Å². The molecule has 2 aromatic carbocycles. The summed E-state index contributed by atoms with van der Waals surface area (Å²) in [6, 6.07) is 10.5. The zero-order chi connectivity index (χ0) is 21.1. The van der Waals surface area contributed by atoms with Gasteiger partial charge in [-0.15, -0.1) is 0 Å². The Bertz CT molecular complexity index is 999. The molecule has 0 spiro atoms. The van der Waals surface area contributed by atoms with Crippen molar-refractivity contribution >= 4 is 23.2 Å². The van der Waals surface area contributed by atoms with Gasteiger partial charge < -0.3 is 9.64 Å². The predicted octanol–water partition coefficient (Wildman–Crippen LogP) is 3.24. The molecule has 0 aromatic heterocycles. The number of carbonyl (C=O) groups is 2. The number of anilines is 1. The Hall–Kier alpha value is -3.75. The van der Waals surface area contributed by atoms with E-state index in [9.17, 15) is 24.1 Å². The van der Waals surface area contributed by atoms with E-state index in [2.05, 4.69) is 0 Å². The molecule has 0 N–H and O–H groups in total. The van der Waals surface area contributed by atoms with E-state index in [1.165, 1.54) is 36.4 Å². The van der Waals surface area contributed by atoms with Crippen LogP contribution in [0.4, 0.5) is 15.8 Å². The Kier molecular flexibility index (Phi) is 5.58. The molecule has 0 saturated heterocycles. The number of halogens is 1. The number of para-hydroxylation sites is 2. The van der Waals surface area contributed by atoms with E-state index in [4.69, 9.17) is 4.74 Å². The Balaban J connectivity index is 2.09. The monoisotopic (exact) mass is 399 g/mol. The fourth-order valence-electron chi connectivity index (χ4n) is 3.04. The standard InChI is InChI=1S/C20H18FN3O5/c1-3-22(4-2)17-18(29-16-8-6-5-7-15(16)24(27)28)20(26)23(19(17)25)14-11-9-13(21)10-12-14/h5-12H,3-4H2,1-2H3. The third-order valence-electron chi connectivity index (χ3n) is 4.46. The molecule has 29 heavy (non-hydrogen) atoms. The molecule has 9 heteroatoms. The smallest absolute Gasteiger partial charge is 0.311 e. The van der Waals surface area contributed by atoms with Gasteiger partial charge in [0.1, 0.15) is 5.82 Å². The SMILES string of the molecule is CCN(CC)C1=C(Oc2ccccc2[N+](=O)[O-])C(=O)N(c2ccc(F)cc2)C1=O. The summed E-state index contributed by atoms with van der Waals surface area (Å²) in [7, 11) is 0. The molecule has 0 unspecified atom stereocenters. The van der Waals surface area contributed by atoms with E-state index in [1.54, 1.807) is 18.7 Å². The van der Waals surface area contributed by atoms with E-state index < -0.39 is 22.6 Å². The van der Waals surface area contributed by atoms with Gasteiger partial charge in [-0.05, 0) is 44.2 Å². The minimum atomic E-state index is -0.776. The van der Waals surface area contributed by atoms with Gasteiger partial charge in [0.05, 0.1) is 10.6 Å². The van der Waals surface area contributed by atoms with Crippen LogP contribution in [0.1, 0.15) is 13.8 Å². The van der Waals surface area contributed by atoms with Crippen LogP contribution in [0.15, 0.2) is 60.0 Å². The number of nitrogens with zero attached hydrogens (tertiary/aromatic N) is 3. The average molecular weight is 399 g/mol. The lowest BCUT2D eigenvalue weighted by Gasteiger charge is -2.22. The molecule has 150 valence electrons. The fraction of sp³-hybridized carbons (Fsp3) is 0.200. The average Bonchev–Trinajstić information content (AvgIpc) is 2.94. The van der Waals surface area contributed by atoms with Gasteiger partial charge in [-0.3, -0.25) is 19.7 Å². The number of rotatable bonds is 7. The summed E-state index contributed by atoms with van der Waals surface area (Å²) in [5.74, 6) is -2.39. The molecule has 2 amide bonds. The molecule has 2 aromatic rings. The number of nitro benzene ring substituents is 1. The Morgan fingerprint density at radius 1 is 1.03 bits per heavy atom.